The van der Waals surface area contributed by atoms with Crippen molar-refractivity contribution in [2.45, 2.75) is 12.6 Å². The molecule has 0 radical (unpaired) electrons. The highest BCUT2D eigenvalue weighted by atomic mass is 19.1. The zero-order valence-corrected chi connectivity index (χ0v) is 8.78. The average molecular weight is 213 g/mol. The summed E-state index contributed by atoms with van der Waals surface area (Å²) in [7, 11) is 0. The Morgan fingerprint density at radius 3 is 2.62 bits per heavy atom. The molecule has 0 saturated carbocycles. The fourth-order valence-corrected chi connectivity index (χ4v) is 2.29. The van der Waals surface area contributed by atoms with Crippen LogP contribution in [0.3, 0.4) is 0 Å². The van der Waals surface area contributed by atoms with Crippen LogP contribution in [-0.4, -0.2) is 0 Å². The van der Waals surface area contributed by atoms with Crippen molar-refractivity contribution in [3.8, 4) is 0 Å². The van der Waals surface area contributed by atoms with Crippen LogP contribution in [0.5, 0.6) is 0 Å². The lowest BCUT2D eigenvalue weighted by Gasteiger charge is -2.12. The Kier molecular flexibility index (Phi) is 2.22. The van der Waals surface area contributed by atoms with Crippen LogP contribution in [0.25, 0.3) is 0 Å². The van der Waals surface area contributed by atoms with Gasteiger partial charge in [-0.1, -0.05) is 42.5 Å². The van der Waals surface area contributed by atoms with Gasteiger partial charge in [-0.15, -0.1) is 0 Å². The van der Waals surface area contributed by atoms with Crippen LogP contribution in [0.4, 0.5) is 4.39 Å². The zero-order chi connectivity index (χ0) is 11.0. The molecule has 2 aromatic carbocycles. The van der Waals surface area contributed by atoms with E-state index in [0.717, 1.165) is 11.1 Å². The highest BCUT2D eigenvalue weighted by Crippen LogP contribution is 2.31. The molecule has 0 bridgehead atoms. The molecule has 1 aliphatic rings. The van der Waals surface area contributed by atoms with Crippen molar-refractivity contribution in [1.29, 1.82) is 0 Å². The van der Waals surface area contributed by atoms with Gasteiger partial charge in [0.25, 0.3) is 0 Å². The average Bonchev–Trinajstić information content (AvgIpc) is 2.75. The predicted octanol–water partition coefficient (Wildman–Crippen LogP) is 3.02. The molecule has 0 aliphatic carbocycles. The van der Waals surface area contributed by atoms with Crippen molar-refractivity contribution in [1.82, 2.24) is 5.32 Å². The van der Waals surface area contributed by atoms with Gasteiger partial charge in [0.2, 0.25) is 0 Å². The number of nitrogens with one attached hydrogen (secondary N) is 1. The van der Waals surface area contributed by atoms with Gasteiger partial charge in [-0.3, -0.25) is 0 Å². The van der Waals surface area contributed by atoms with Crippen molar-refractivity contribution < 1.29 is 4.39 Å². The summed E-state index contributed by atoms with van der Waals surface area (Å²) in [6.45, 7) is 0.613. The third-order valence-electron chi connectivity index (χ3n) is 3.08. The second kappa shape index (κ2) is 3.72. The van der Waals surface area contributed by atoms with E-state index < -0.39 is 0 Å². The molecular formula is C14H12FN. The van der Waals surface area contributed by atoms with Gasteiger partial charge in [-0.05, 0) is 17.2 Å². The Hall–Kier alpha value is -1.67. The summed E-state index contributed by atoms with van der Waals surface area (Å²) in [5.41, 5.74) is 3.05. The Balaban J connectivity index is 2.07. The first kappa shape index (κ1) is 9.55. The lowest BCUT2D eigenvalue weighted by atomic mass is 9.98. The van der Waals surface area contributed by atoms with Gasteiger partial charge in [-0.25, -0.2) is 4.39 Å². The van der Waals surface area contributed by atoms with Crippen molar-refractivity contribution >= 4 is 0 Å². The monoisotopic (exact) mass is 213 g/mol. The summed E-state index contributed by atoms with van der Waals surface area (Å²) in [4.78, 5) is 0. The first-order valence-corrected chi connectivity index (χ1v) is 5.42. The van der Waals surface area contributed by atoms with E-state index in [0.29, 0.717) is 6.54 Å². The molecule has 80 valence electrons. The van der Waals surface area contributed by atoms with Gasteiger partial charge in [-0.2, -0.15) is 0 Å². The molecule has 2 heteroatoms. The van der Waals surface area contributed by atoms with Crippen molar-refractivity contribution in [3.05, 3.63) is 71.0 Å². The van der Waals surface area contributed by atoms with Gasteiger partial charge >= 0.3 is 0 Å². The van der Waals surface area contributed by atoms with Crippen LogP contribution < -0.4 is 5.32 Å². The maximum atomic E-state index is 13.5. The Morgan fingerprint density at radius 2 is 1.81 bits per heavy atom. The summed E-state index contributed by atoms with van der Waals surface area (Å²) in [5, 5.41) is 3.34. The van der Waals surface area contributed by atoms with Gasteiger partial charge in [0.05, 0.1) is 6.04 Å². The molecule has 0 fully saturated rings. The summed E-state index contributed by atoms with van der Waals surface area (Å²) < 4.78 is 13.5. The summed E-state index contributed by atoms with van der Waals surface area (Å²) in [6.07, 6.45) is 0. The fourth-order valence-electron chi connectivity index (χ4n) is 2.29. The minimum Gasteiger partial charge on any atom is -0.302 e. The first-order valence-electron chi connectivity index (χ1n) is 5.42. The van der Waals surface area contributed by atoms with E-state index in [2.05, 4.69) is 17.4 Å². The SMILES string of the molecule is Fc1cccc2c1CNC2c1ccccc1. The number of rotatable bonds is 1. The molecule has 1 atom stereocenters. The van der Waals surface area contributed by atoms with E-state index in [-0.39, 0.29) is 11.9 Å². The van der Waals surface area contributed by atoms with Crippen LogP contribution in [-0.2, 0) is 6.54 Å². The third kappa shape index (κ3) is 1.42. The normalized spacial score (nSPS) is 18.4. The van der Waals surface area contributed by atoms with E-state index in [1.54, 1.807) is 6.07 Å². The van der Waals surface area contributed by atoms with Crippen LogP contribution in [0.2, 0.25) is 0 Å². The van der Waals surface area contributed by atoms with Gasteiger partial charge in [0, 0.05) is 12.1 Å². The molecule has 0 spiro atoms. The van der Waals surface area contributed by atoms with E-state index in [9.17, 15) is 4.39 Å². The summed E-state index contributed by atoms with van der Waals surface area (Å²) in [5.74, 6) is -0.108. The van der Waals surface area contributed by atoms with Crippen LogP contribution in [0.15, 0.2) is 48.5 Å². The minimum absolute atomic E-state index is 0.108. The lowest BCUT2D eigenvalue weighted by molar-refractivity contribution is 0.604. The molecule has 0 aromatic heterocycles. The Labute approximate surface area is 93.9 Å². The molecule has 2 aromatic rings. The third-order valence-corrected chi connectivity index (χ3v) is 3.08. The number of hydrogen-bond donors (Lipinski definition) is 1. The summed E-state index contributed by atoms with van der Waals surface area (Å²) >= 11 is 0. The van der Waals surface area contributed by atoms with Gasteiger partial charge in [0.1, 0.15) is 5.82 Å². The smallest absolute Gasteiger partial charge is 0.128 e. The van der Waals surface area contributed by atoms with Crippen LogP contribution in [0.1, 0.15) is 22.7 Å². The molecule has 1 aliphatic heterocycles. The van der Waals surface area contributed by atoms with Gasteiger partial charge < -0.3 is 5.32 Å². The molecule has 16 heavy (non-hydrogen) atoms. The van der Waals surface area contributed by atoms with Crippen molar-refractivity contribution in [2.75, 3.05) is 0 Å². The molecule has 3 rings (SSSR count). The molecule has 1 N–H and O–H groups in total. The number of benzene rings is 2. The van der Waals surface area contributed by atoms with E-state index in [1.165, 1.54) is 11.6 Å². The number of halogens is 1. The van der Waals surface area contributed by atoms with Crippen LogP contribution in [0, 0.1) is 5.82 Å². The predicted molar refractivity (Wildman–Crippen MR) is 61.5 cm³/mol. The largest absolute Gasteiger partial charge is 0.302 e. The topological polar surface area (TPSA) is 12.0 Å². The quantitative estimate of drug-likeness (QED) is 0.767. The Bertz CT molecular complexity index is 507. The second-order valence-electron chi connectivity index (χ2n) is 4.03. The molecule has 0 amide bonds. The second-order valence-corrected chi connectivity index (χ2v) is 4.03. The van der Waals surface area contributed by atoms with E-state index in [1.807, 2.05) is 24.3 Å². The van der Waals surface area contributed by atoms with Gasteiger partial charge in [0.15, 0.2) is 0 Å². The lowest BCUT2D eigenvalue weighted by Crippen LogP contribution is -2.12. The number of hydrogen-bond acceptors (Lipinski definition) is 1. The zero-order valence-electron chi connectivity index (χ0n) is 8.78. The maximum absolute atomic E-state index is 13.5. The fraction of sp³-hybridized carbons (Fsp3) is 0.143. The molecule has 0 saturated heterocycles. The molecular weight excluding hydrogens is 201 g/mol. The summed E-state index contributed by atoms with van der Waals surface area (Å²) in [6, 6.07) is 15.6. The first-order chi connectivity index (χ1) is 7.86. The molecule has 1 unspecified atom stereocenters. The standard InChI is InChI=1S/C14H12FN/c15-13-8-4-7-11-12(13)9-16-14(11)10-5-2-1-3-6-10/h1-8,14,16H,9H2. The highest BCUT2D eigenvalue weighted by Gasteiger charge is 2.24. The Morgan fingerprint density at radius 1 is 1.00 bits per heavy atom. The van der Waals surface area contributed by atoms with Crippen molar-refractivity contribution in [2.24, 2.45) is 0 Å². The van der Waals surface area contributed by atoms with E-state index >= 15 is 0 Å². The van der Waals surface area contributed by atoms with E-state index in [4.69, 9.17) is 0 Å². The van der Waals surface area contributed by atoms with Crippen molar-refractivity contribution in [3.63, 3.8) is 0 Å². The maximum Gasteiger partial charge on any atom is 0.128 e. The molecule has 1 heterocycles. The molecule has 1 nitrogen and oxygen atoms in total. The number of fused-ring (bicyclic) bond motifs is 1. The van der Waals surface area contributed by atoms with Crippen LogP contribution >= 0.6 is 0 Å². The minimum atomic E-state index is -0.108. The highest BCUT2D eigenvalue weighted by molar-refractivity contribution is 5.41.